The van der Waals surface area contributed by atoms with Crippen molar-refractivity contribution in [2.24, 2.45) is 5.73 Å². The standard InChI is InChI=1S/C16H28N4/c1-5-19(6-2)14-7-8-20(11-14)16-15(10-17)12(3)9-13(4)18-16/h9,14H,5-8,10-11,17H2,1-4H3. The van der Waals surface area contributed by atoms with Crippen LogP contribution in [0.25, 0.3) is 0 Å². The molecule has 0 saturated carbocycles. The Morgan fingerprint density at radius 3 is 2.65 bits per heavy atom. The fraction of sp³-hybridized carbons (Fsp3) is 0.688. The van der Waals surface area contributed by atoms with E-state index >= 15 is 0 Å². The fourth-order valence-electron chi connectivity index (χ4n) is 3.33. The Labute approximate surface area is 123 Å². The van der Waals surface area contributed by atoms with Gasteiger partial charge in [0.2, 0.25) is 0 Å². The van der Waals surface area contributed by atoms with Crippen molar-refractivity contribution in [2.75, 3.05) is 31.1 Å². The van der Waals surface area contributed by atoms with Gasteiger partial charge in [0, 0.05) is 36.9 Å². The van der Waals surface area contributed by atoms with Crippen molar-refractivity contribution in [3.8, 4) is 0 Å². The molecular weight excluding hydrogens is 248 g/mol. The smallest absolute Gasteiger partial charge is 0.133 e. The second-order valence-electron chi connectivity index (χ2n) is 5.70. The molecule has 0 bridgehead atoms. The van der Waals surface area contributed by atoms with Crippen LogP contribution < -0.4 is 10.6 Å². The molecule has 1 aromatic rings. The Morgan fingerprint density at radius 2 is 2.05 bits per heavy atom. The molecule has 1 aliphatic heterocycles. The van der Waals surface area contributed by atoms with Crippen LogP contribution in [0.1, 0.15) is 37.1 Å². The first kappa shape index (κ1) is 15.3. The van der Waals surface area contributed by atoms with Gasteiger partial charge in [-0.15, -0.1) is 0 Å². The van der Waals surface area contributed by atoms with Gasteiger partial charge < -0.3 is 10.6 Å². The second-order valence-corrected chi connectivity index (χ2v) is 5.70. The number of hydrogen-bond donors (Lipinski definition) is 1. The van der Waals surface area contributed by atoms with E-state index in [1.807, 2.05) is 0 Å². The molecule has 1 saturated heterocycles. The summed E-state index contributed by atoms with van der Waals surface area (Å²) in [6, 6.07) is 2.78. The zero-order valence-corrected chi connectivity index (χ0v) is 13.3. The van der Waals surface area contributed by atoms with E-state index in [-0.39, 0.29) is 0 Å². The van der Waals surface area contributed by atoms with Crippen molar-refractivity contribution < 1.29 is 0 Å². The Kier molecular flexibility index (Phi) is 5.00. The SMILES string of the molecule is CCN(CC)C1CCN(c2nc(C)cc(C)c2CN)C1. The third kappa shape index (κ3) is 2.96. The lowest BCUT2D eigenvalue weighted by atomic mass is 10.1. The fourth-order valence-corrected chi connectivity index (χ4v) is 3.33. The minimum absolute atomic E-state index is 0.570. The Morgan fingerprint density at radius 1 is 1.35 bits per heavy atom. The molecule has 1 aromatic heterocycles. The summed E-state index contributed by atoms with van der Waals surface area (Å²) in [5, 5.41) is 0. The number of aromatic nitrogens is 1. The van der Waals surface area contributed by atoms with Gasteiger partial charge in [0.1, 0.15) is 5.82 Å². The average molecular weight is 276 g/mol. The Balaban J connectivity index is 2.21. The molecular formula is C16H28N4. The number of hydrogen-bond acceptors (Lipinski definition) is 4. The van der Waals surface area contributed by atoms with Crippen LogP contribution >= 0.6 is 0 Å². The van der Waals surface area contributed by atoms with Crippen LogP contribution in [-0.2, 0) is 6.54 Å². The Bertz CT molecular complexity index is 454. The molecule has 20 heavy (non-hydrogen) atoms. The zero-order chi connectivity index (χ0) is 14.7. The van der Waals surface area contributed by atoms with Gasteiger partial charge in [-0.25, -0.2) is 4.98 Å². The topological polar surface area (TPSA) is 45.4 Å². The van der Waals surface area contributed by atoms with Crippen LogP contribution in [0, 0.1) is 13.8 Å². The van der Waals surface area contributed by atoms with E-state index in [1.54, 1.807) is 0 Å². The second kappa shape index (κ2) is 6.55. The lowest BCUT2D eigenvalue weighted by Gasteiger charge is -2.27. The summed E-state index contributed by atoms with van der Waals surface area (Å²) in [5.41, 5.74) is 9.49. The molecule has 4 heteroatoms. The molecule has 2 N–H and O–H groups in total. The molecule has 2 heterocycles. The van der Waals surface area contributed by atoms with E-state index in [1.165, 1.54) is 17.5 Å². The monoisotopic (exact) mass is 276 g/mol. The highest BCUT2D eigenvalue weighted by molar-refractivity contribution is 5.52. The quantitative estimate of drug-likeness (QED) is 0.894. The first-order chi connectivity index (χ1) is 9.60. The molecule has 1 aliphatic rings. The van der Waals surface area contributed by atoms with Gasteiger partial charge in [-0.05, 0) is 45.0 Å². The summed E-state index contributed by atoms with van der Waals surface area (Å²) in [7, 11) is 0. The van der Waals surface area contributed by atoms with Gasteiger partial charge in [0.15, 0.2) is 0 Å². The van der Waals surface area contributed by atoms with Crippen molar-refractivity contribution in [3.63, 3.8) is 0 Å². The normalized spacial score (nSPS) is 19.1. The first-order valence-electron chi connectivity index (χ1n) is 7.76. The van der Waals surface area contributed by atoms with Gasteiger partial charge in [-0.1, -0.05) is 13.8 Å². The van der Waals surface area contributed by atoms with Crippen molar-refractivity contribution >= 4 is 5.82 Å². The largest absolute Gasteiger partial charge is 0.355 e. The van der Waals surface area contributed by atoms with Crippen molar-refractivity contribution in [1.29, 1.82) is 0 Å². The summed E-state index contributed by atoms with van der Waals surface area (Å²) >= 11 is 0. The van der Waals surface area contributed by atoms with E-state index < -0.39 is 0 Å². The highest BCUT2D eigenvalue weighted by Crippen LogP contribution is 2.27. The average Bonchev–Trinajstić information content (AvgIpc) is 2.89. The maximum Gasteiger partial charge on any atom is 0.133 e. The van der Waals surface area contributed by atoms with Crippen molar-refractivity contribution in [3.05, 3.63) is 22.9 Å². The lowest BCUT2D eigenvalue weighted by molar-refractivity contribution is 0.232. The number of aryl methyl sites for hydroxylation is 2. The maximum atomic E-state index is 5.94. The van der Waals surface area contributed by atoms with E-state index in [0.29, 0.717) is 12.6 Å². The minimum atomic E-state index is 0.570. The van der Waals surface area contributed by atoms with Gasteiger partial charge in [-0.2, -0.15) is 0 Å². The molecule has 0 spiro atoms. The maximum absolute atomic E-state index is 5.94. The van der Waals surface area contributed by atoms with Crippen LogP contribution in [0.5, 0.6) is 0 Å². The van der Waals surface area contributed by atoms with Crippen LogP contribution in [0.4, 0.5) is 5.82 Å². The number of rotatable bonds is 5. The molecule has 4 nitrogen and oxygen atoms in total. The molecule has 1 atom stereocenters. The summed E-state index contributed by atoms with van der Waals surface area (Å²) in [6.45, 7) is 13.7. The van der Waals surface area contributed by atoms with Crippen LogP contribution in [0.3, 0.4) is 0 Å². The summed E-state index contributed by atoms with van der Waals surface area (Å²) in [4.78, 5) is 9.73. The Hall–Kier alpha value is -1.13. The molecule has 112 valence electrons. The van der Waals surface area contributed by atoms with Gasteiger partial charge >= 0.3 is 0 Å². The summed E-state index contributed by atoms with van der Waals surface area (Å²) < 4.78 is 0. The van der Waals surface area contributed by atoms with Gasteiger partial charge in [0.05, 0.1) is 0 Å². The summed E-state index contributed by atoms with van der Waals surface area (Å²) in [6.07, 6.45) is 1.22. The highest BCUT2D eigenvalue weighted by Gasteiger charge is 2.28. The molecule has 0 aromatic carbocycles. The van der Waals surface area contributed by atoms with Gasteiger partial charge in [-0.3, -0.25) is 4.90 Å². The van der Waals surface area contributed by atoms with Gasteiger partial charge in [0.25, 0.3) is 0 Å². The predicted molar refractivity (Wildman–Crippen MR) is 85.1 cm³/mol. The van der Waals surface area contributed by atoms with Crippen LogP contribution in [0.15, 0.2) is 6.07 Å². The first-order valence-corrected chi connectivity index (χ1v) is 7.76. The number of likely N-dealkylation sites (N-methyl/N-ethyl adjacent to an activating group) is 1. The molecule has 0 aliphatic carbocycles. The number of nitrogens with zero attached hydrogens (tertiary/aromatic N) is 3. The third-order valence-corrected chi connectivity index (χ3v) is 4.45. The van der Waals surface area contributed by atoms with Crippen molar-refractivity contribution in [2.45, 2.75) is 46.7 Å². The third-order valence-electron chi connectivity index (χ3n) is 4.45. The minimum Gasteiger partial charge on any atom is -0.355 e. The number of anilines is 1. The van der Waals surface area contributed by atoms with E-state index in [9.17, 15) is 0 Å². The molecule has 0 radical (unpaired) electrons. The molecule has 2 rings (SSSR count). The van der Waals surface area contributed by atoms with Crippen LogP contribution in [-0.4, -0.2) is 42.1 Å². The molecule has 1 fully saturated rings. The number of pyridine rings is 1. The molecule has 1 unspecified atom stereocenters. The van der Waals surface area contributed by atoms with E-state index in [0.717, 1.165) is 37.7 Å². The van der Waals surface area contributed by atoms with Crippen LogP contribution in [0.2, 0.25) is 0 Å². The molecule has 0 amide bonds. The zero-order valence-electron chi connectivity index (χ0n) is 13.3. The lowest BCUT2D eigenvalue weighted by Crippen LogP contribution is -2.37. The summed E-state index contributed by atoms with van der Waals surface area (Å²) in [5.74, 6) is 1.11. The van der Waals surface area contributed by atoms with E-state index in [4.69, 9.17) is 10.7 Å². The predicted octanol–water partition coefficient (Wildman–Crippen LogP) is 2.08. The van der Waals surface area contributed by atoms with Crippen molar-refractivity contribution in [1.82, 2.24) is 9.88 Å². The van der Waals surface area contributed by atoms with E-state index in [2.05, 4.69) is 43.6 Å². The highest BCUT2D eigenvalue weighted by atomic mass is 15.3. The number of nitrogens with two attached hydrogens (primary N) is 1.